The van der Waals surface area contributed by atoms with Crippen molar-refractivity contribution in [2.45, 2.75) is 12.5 Å². The molecule has 3 aromatic rings. The number of hydrogen-bond donors (Lipinski definition) is 2. The third-order valence-electron chi connectivity index (χ3n) is 4.02. The first-order chi connectivity index (χ1) is 11.4. The van der Waals surface area contributed by atoms with Gasteiger partial charge in [-0.3, -0.25) is 0 Å². The van der Waals surface area contributed by atoms with Crippen molar-refractivity contribution in [2.24, 2.45) is 0 Å². The maximum Gasteiger partial charge on any atom is 0.223 e. The highest BCUT2D eigenvalue weighted by atomic mass is 15.1. The van der Waals surface area contributed by atoms with Crippen LogP contribution in [0.1, 0.15) is 22.7 Å². The predicted octanol–water partition coefficient (Wildman–Crippen LogP) is 3.04. The lowest BCUT2D eigenvalue weighted by Gasteiger charge is -2.11. The molecule has 4 rings (SSSR count). The number of nitrogens with zero attached hydrogens (tertiary/aromatic N) is 3. The second-order valence-electron chi connectivity index (χ2n) is 5.52. The highest BCUT2D eigenvalue weighted by Crippen LogP contribution is 2.33. The largest absolute Gasteiger partial charge is 0.369 e. The van der Waals surface area contributed by atoms with Crippen LogP contribution in [0.15, 0.2) is 60.9 Å². The topological polar surface area (TPSA) is 62.7 Å². The highest BCUT2D eigenvalue weighted by molar-refractivity contribution is 5.54. The molecule has 1 aliphatic rings. The van der Waals surface area contributed by atoms with Crippen molar-refractivity contribution in [2.75, 3.05) is 17.2 Å². The van der Waals surface area contributed by atoms with Crippen molar-refractivity contribution in [3.8, 4) is 0 Å². The molecule has 1 aromatic carbocycles. The Kier molecular flexibility index (Phi) is 3.60. The van der Waals surface area contributed by atoms with Crippen molar-refractivity contribution in [3.05, 3.63) is 77.7 Å². The predicted molar refractivity (Wildman–Crippen MR) is 90.4 cm³/mol. The third-order valence-corrected chi connectivity index (χ3v) is 4.02. The molecule has 2 aromatic heterocycles. The van der Waals surface area contributed by atoms with Gasteiger partial charge in [0.05, 0.1) is 5.69 Å². The average molecular weight is 303 g/mol. The Hall–Kier alpha value is -2.95. The molecular formula is C18H17N5. The summed E-state index contributed by atoms with van der Waals surface area (Å²) in [7, 11) is 0. The van der Waals surface area contributed by atoms with E-state index in [0.717, 1.165) is 18.1 Å². The van der Waals surface area contributed by atoms with E-state index in [2.05, 4.69) is 43.8 Å². The molecule has 5 nitrogen and oxygen atoms in total. The number of rotatable bonds is 4. The van der Waals surface area contributed by atoms with Gasteiger partial charge in [0.15, 0.2) is 0 Å². The second kappa shape index (κ2) is 6.04. The molecule has 1 atom stereocenters. The highest BCUT2D eigenvalue weighted by Gasteiger charge is 2.25. The van der Waals surface area contributed by atoms with Crippen LogP contribution in [0.4, 0.5) is 11.8 Å². The normalized spacial score (nSPS) is 15.7. The monoisotopic (exact) mass is 303 g/mol. The molecule has 0 amide bonds. The Morgan fingerprint density at radius 3 is 2.83 bits per heavy atom. The zero-order valence-corrected chi connectivity index (χ0v) is 12.6. The zero-order valence-electron chi connectivity index (χ0n) is 12.6. The lowest BCUT2D eigenvalue weighted by molar-refractivity contribution is 0.848. The molecule has 3 heterocycles. The Bertz CT molecular complexity index is 803. The van der Waals surface area contributed by atoms with Crippen LogP contribution in [0.25, 0.3) is 0 Å². The molecule has 23 heavy (non-hydrogen) atoms. The van der Waals surface area contributed by atoms with Gasteiger partial charge in [0.2, 0.25) is 5.95 Å². The van der Waals surface area contributed by atoms with Gasteiger partial charge in [-0.1, -0.05) is 36.4 Å². The summed E-state index contributed by atoms with van der Waals surface area (Å²) in [5.74, 6) is 1.83. The van der Waals surface area contributed by atoms with E-state index >= 15 is 0 Å². The molecule has 0 saturated carbocycles. The Morgan fingerprint density at radius 1 is 1.00 bits per heavy atom. The summed E-state index contributed by atoms with van der Waals surface area (Å²) >= 11 is 0. The first-order valence-electron chi connectivity index (χ1n) is 7.70. The summed E-state index contributed by atoms with van der Waals surface area (Å²) in [6.45, 7) is 1.53. The second-order valence-corrected chi connectivity index (χ2v) is 5.52. The van der Waals surface area contributed by atoms with Crippen molar-refractivity contribution in [1.29, 1.82) is 0 Å². The summed E-state index contributed by atoms with van der Waals surface area (Å²) in [6.07, 6.45) is 3.62. The van der Waals surface area contributed by atoms with Crippen molar-refractivity contribution in [3.63, 3.8) is 0 Å². The number of benzene rings is 1. The number of pyridine rings is 1. The lowest BCUT2D eigenvalue weighted by Crippen LogP contribution is -2.09. The van der Waals surface area contributed by atoms with Crippen molar-refractivity contribution >= 4 is 11.8 Å². The minimum Gasteiger partial charge on any atom is -0.369 e. The summed E-state index contributed by atoms with van der Waals surface area (Å²) < 4.78 is 0. The molecule has 0 fully saturated rings. The number of hydrogen-bond acceptors (Lipinski definition) is 5. The van der Waals surface area contributed by atoms with Crippen LogP contribution in [-0.4, -0.2) is 21.5 Å². The van der Waals surface area contributed by atoms with E-state index in [-0.39, 0.29) is 5.92 Å². The maximum absolute atomic E-state index is 4.68. The van der Waals surface area contributed by atoms with E-state index in [1.54, 1.807) is 6.20 Å². The van der Waals surface area contributed by atoms with Crippen molar-refractivity contribution in [1.82, 2.24) is 15.0 Å². The van der Waals surface area contributed by atoms with E-state index in [9.17, 15) is 0 Å². The zero-order chi connectivity index (χ0) is 15.5. The first kappa shape index (κ1) is 13.7. The van der Waals surface area contributed by atoms with Gasteiger partial charge >= 0.3 is 0 Å². The van der Waals surface area contributed by atoms with Gasteiger partial charge < -0.3 is 10.6 Å². The van der Waals surface area contributed by atoms with E-state index in [0.29, 0.717) is 12.5 Å². The molecule has 0 aliphatic carbocycles. The molecule has 1 unspecified atom stereocenters. The summed E-state index contributed by atoms with van der Waals surface area (Å²) in [5.41, 5.74) is 3.41. The fraction of sp³-hybridized carbons (Fsp3) is 0.167. The van der Waals surface area contributed by atoms with Gasteiger partial charge in [0.25, 0.3) is 0 Å². The quantitative estimate of drug-likeness (QED) is 0.775. The SMILES string of the molecule is c1ccc(CNc2nccc(C3CNc4ncccc43)n2)cc1. The van der Waals surface area contributed by atoms with Crippen LogP contribution in [0.5, 0.6) is 0 Å². The molecule has 5 heteroatoms. The molecule has 0 spiro atoms. The Balaban J connectivity index is 1.53. The van der Waals surface area contributed by atoms with Crippen LogP contribution in [0.3, 0.4) is 0 Å². The molecular weight excluding hydrogens is 286 g/mol. The fourth-order valence-corrected chi connectivity index (χ4v) is 2.85. The fourth-order valence-electron chi connectivity index (χ4n) is 2.85. The molecule has 0 saturated heterocycles. The molecule has 0 radical (unpaired) electrons. The molecule has 2 N–H and O–H groups in total. The minimum atomic E-state index is 0.221. The first-order valence-corrected chi connectivity index (χ1v) is 7.70. The van der Waals surface area contributed by atoms with E-state index in [4.69, 9.17) is 0 Å². The number of anilines is 2. The van der Waals surface area contributed by atoms with Crippen molar-refractivity contribution < 1.29 is 0 Å². The van der Waals surface area contributed by atoms with Gasteiger partial charge in [0, 0.05) is 37.0 Å². The standard InChI is InChI=1S/C18H17N5/c1-2-5-13(6-3-1)11-22-18-20-10-8-16(23-18)15-12-21-17-14(15)7-4-9-19-17/h1-10,15H,11-12H2,(H,19,21)(H,20,22,23). The number of aromatic nitrogens is 3. The maximum atomic E-state index is 4.68. The van der Waals surface area contributed by atoms with Crippen LogP contribution in [0.2, 0.25) is 0 Å². The summed E-state index contributed by atoms with van der Waals surface area (Å²) in [4.78, 5) is 13.4. The van der Waals surface area contributed by atoms with Crippen LogP contribution in [0, 0.1) is 0 Å². The van der Waals surface area contributed by atoms with Gasteiger partial charge in [-0.2, -0.15) is 0 Å². The smallest absolute Gasteiger partial charge is 0.223 e. The van der Waals surface area contributed by atoms with E-state index in [1.165, 1.54) is 11.1 Å². The van der Waals surface area contributed by atoms with Gasteiger partial charge in [-0.05, 0) is 17.7 Å². The minimum absolute atomic E-state index is 0.221. The van der Waals surface area contributed by atoms with Crippen LogP contribution in [-0.2, 0) is 6.54 Å². The molecule has 1 aliphatic heterocycles. The molecule has 114 valence electrons. The number of nitrogens with one attached hydrogen (secondary N) is 2. The van der Waals surface area contributed by atoms with Crippen LogP contribution >= 0.6 is 0 Å². The van der Waals surface area contributed by atoms with E-state index in [1.807, 2.05) is 36.5 Å². The Morgan fingerprint density at radius 2 is 1.91 bits per heavy atom. The molecule has 0 bridgehead atoms. The number of fused-ring (bicyclic) bond motifs is 1. The van der Waals surface area contributed by atoms with Gasteiger partial charge in [0.1, 0.15) is 5.82 Å². The summed E-state index contributed by atoms with van der Waals surface area (Å²) in [6, 6.07) is 16.3. The van der Waals surface area contributed by atoms with Gasteiger partial charge in [-0.15, -0.1) is 0 Å². The third kappa shape index (κ3) is 2.85. The lowest BCUT2D eigenvalue weighted by atomic mass is 9.99. The van der Waals surface area contributed by atoms with Gasteiger partial charge in [-0.25, -0.2) is 15.0 Å². The summed E-state index contributed by atoms with van der Waals surface area (Å²) in [5, 5.41) is 6.62. The van der Waals surface area contributed by atoms with E-state index < -0.39 is 0 Å². The Labute approximate surface area is 134 Å². The average Bonchev–Trinajstić information content (AvgIpc) is 3.05. The van der Waals surface area contributed by atoms with Crippen LogP contribution < -0.4 is 10.6 Å².